The van der Waals surface area contributed by atoms with Gasteiger partial charge in [0.25, 0.3) is 0 Å². The van der Waals surface area contributed by atoms with Crippen molar-refractivity contribution in [3.63, 3.8) is 0 Å². The average Bonchev–Trinajstić information content (AvgIpc) is 2.86. The Morgan fingerprint density at radius 2 is 2.25 bits per heavy atom. The summed E-state index contributed by atoms with van der Waals surface area (Å²) in [5.74, 6) is 0.590. The number of nitrogens with zero attached hydrogens (tertiary/aromatic N) is 2. The van der Waals surface area contributed by atoms with E-state index in [1.165, 1.54) is 0 Å². The first-order valence-corrected chi connectivity index (χ1v) is 7.19. The maximum Gasteiger partial charge on any atom is 0.227 e. The van der Waals surface area contributed by atoms with Crippen LogP contribution in [0.2, 0.25) is 0 Å². The fourth-order valence-electron chi connectivity index (χ4n) is 2.43. The minimum Gasteiger partial charge on any atom is -0.379 e. The molecule has 1 amide bonds. The first-order chi connectivity index (χ1) is 9.69. The van der Waals surface area contributed by atoms with E-state index in [2.05, 4.69) is 22.3 Å². The van der Waals surface area contributed by atoms with Crippen LogP contribution in [0.1, 0.15) is 24.8 Å². The van der Waals surface area contributed by atoms with Crippen LogP contribution in [0.4, 0.5) is 0 Å². The van der Waals surface area contributed by atoms with Crippen molar-refractivity contribution in [1.82, 2.24) is 15.4 Å². The number of hydrogen-bond donors (Lipinski definition) is 1. The van der Waals surface area contributed by atoms with Crippen molar-refractivity contribution in [3.8, 4) is 0 Å². The number of aryl methyl sites for hydroxylation is 1. The molecule has 6 nitrogen and oxygen atoms in total. The summed E-state index contributed by atoms with van der Waals surface area (Å²) in [5, 5.41) is 6.76. The van der Waals surface area contributed by atoms with Gasteiger partial charge in [0.2, 0.25) is 5.91 Å². The highest BCUT2D eigenvalue weighted by Gasteiger charge is 2.20. The van der Waals surface area contributed by atoms with Crippen molar-refractivity contribution in [2.75, 3.05) is 32.8 Å². The van der Waals surface area contributed by atoms with Gasteiger partial charge in [0.05, 0.1) is 25.3 Å². The van der Waals surface area contributed by atoms with E-state index in [0.29, 0.717) is 18.3 Å². The zero-order chi connectivity index (χ0) is 14.4. The van der Waals surface area contributed by atoms with Crippen molar-refractivity contribution in [2.45, 2.75) is 32.7 Å². The summed E-state index contributed by atoms with van der Waals surface area (Å²) in [6, 6.07) is 2.16. The molecule has 0 spiro atoms. The molecule has 0 bridgehead atoms. The molecular weight excluding hydrogens is 258 g/mol. The highest BCUT2D eigenvalue weighted by atomic mass is 16.5. The Bertz CT molecular complexity index is 427. The topological polar surface area (TPSA) is 67.6 Å². The fraction of sp³-hybridized carbons (Fsp3) is 0.714. The number of carbonyl (C=O) groups is 1. The number of rotatable bonds is 6. The van der Waals surface area contributed by atoms with Gasteiger partial charge in [-0.05, 0) is 13.3 Å². The van der Waals surface area contributed by atoms with Crippen LogP contribution in [-0.2, 0) is 16.0 Å². The lowest BCUT2D eigenvalue weighted by atomic mass is 10.1. The molecule has 20 heavy (non-hydrogen) atoms. The van der Waals surface area contributed by atoms with E-state index in [4.69, 9.17) is 9.26 Å². The zero-order valence-corrected chi connectivity index (χ0v) is 12.2. The van der Waals surface area contributed by atoms with Crippen LogP contribution < -0.4 is 5.32 Å². The Morgan fingerprint density at radius 3 is 2.85 bits per heavy atom. The SMILES string of the molecule is CC[C@H](CNC(=O)Cc1cc(C)no1)N1CCOCC1. The lowest BCUT2D eigenvalue weighted by molar-refractivity contribution is -0.121. The number of ether oxygens (including phenoxy) is 1. The summed E-state index contributed by atoms with van der Waals surface area (Å²) in [4.78, 5) is 14.3. The molecule has 2 rings (SSSR count). The first-order valence-electron chi connectivity index (χ1n) is 7.19. The molecule has 1 fully saturated rings. The summed E-state index contributed by atoms with van der Waals surface area (Å²) >= 11 is 0. The predicted molar refractivity (Wildman–Crippen MR) is 74.4 cm³/mol. The molecule has 112 valence electrons. The Kier molecular flexibility index (Phi) is 5.55. The van der Waals surface area contributed by atoms with Gasteiger partial charge in [-0.15, -0.1) is 0 Å². The quantitative estimate of drug-likeness (QED) is 0.833. The molecule has 1 aliphatic heterocycles. The number of hydrogen-bond acceptors (Lipinski definition) is 5. The molecule has 0 saturated carbocycles. The second-order valence-corrected chi connectivity index (χ2v) is 5.13. The van der Waals surface area contributed by atoms with Gasteiger partial charge in [-0.1, -0.05) is 12.1 Å². The second kappa shape index (κ2) is 7.40. The summed E-state index contributed by atoms with van der Waals surface area (Å²) in [6.45, 7) is 8.10. The third kappa shape index (κ3) is 4.31. The van der Waals surface area contributed by atoms with E-state index >= 15 is 0 Å². The van der Waals surface area contributed by atoms with Crippen molar-refractivity contribution in [3.05, 3.63) is 17.5 Å². The van der Waals surface area contributed by atoms with Crippen LogP contribution in [0.15, 0.2) is 10.6 Å². The van der Waals surface area contributed by atoms with Gasteiger partial charge in [-0.3, -0.25) is 9.69 Å². The van der Waals surface area contributed by atoms with Gasteiger partial charge in [-0.25, -0.2) is 0 Å². The van der Waals surface area contributed by atoms with Gasteiger partial charge in [0.15, 0.2) is 0 Å². The summed E-state index contributed by atoms with van der Waals surface area (Å²) in [5.41, 5.74) is 0.799. The molecule has 1 aliphatic rings. The molecule has 0 aliphatic carbocycles. The molecule has 1 atom stereocenters. The van der Waals surface area contributed by atoms with Gasteiger partial charge in [0.1, 0.15) is 5.76 Å². The Labute approximate surface area is 119 Å². The largest absolute Gasteiger partial charge is 0.379 e. The van der Waals surface area contributed by atoms with Gasteiger partial charge >= 0.3 is 0 Å². The lowest BCUT2D eigenvalue weighted by Gasteiger charge is -2.34. The van der Waals surface area contributed by atoms with Crippen molar-refractivity contribution >= 4 is 5.91 Å². The average molecular weight is 281 g/mol. The highest BCUT2D eigenvalue weighted by Crippen LogP contribution is 2.07. The molecule has 0 aromatic carbocycles. The molecule has 1 aromatic heterocycles. The maximum atomic E-state index is 11.9. The smallest absolute Gasteiger partial charge is 0.227 e. The van der Waals surface area contributed by atoms with Crippen molar-refractivity contribution in [2.24, 2.45) is 0 Å². The predicted octanol–water partition coefficient (Wildman–Crippen LogP) is 0.753. The molecule has 1 saturated heterocycles. The molecule has 1 N–H and O–H groups in total. The van der Waals surface area contributed by atoms with Gasteiger partial charge in [-0.2, -0.15) is 0 Å². The normalized spacial score (nSPS) is 17.9. The number of aromatic nitrogens is 1. The minimum absolute atomic E-state index is 0.0205. The third-order valence-electron chi connectivity index (χ3n) is 3.58. The summed E-state index contributed by atoms with van der Waals surface area (Å²) < 4.78 is 10.4. The number of amides is 1. The number of nitrogens with one attached hydrogen (secondary N) is 1. The highest BCUT2D eigenvalue weighted by molar-refractivity contribution is 5.77. The van der Waals surface area contributed by atoms with E-state index in [0.717, 1.165) is 38.4 Å². The molecule has 1 aromatic rings. The second-order valence-electron chi connectivity index (χ2n) is 5.13. The summed E-state index contributed by atoms with van der Waals surface area (Å²) in [7, 11) is 0. The minimum atomic E-state index is -0.0205. The van der Waals surface area contributed by atoms with E-state index in [1.807, 2.05) is 6.92 Å². The molecule has 0 unspecified atom stereocenters. The Morgan fingerprint density at radius 1 is 1.50 bits per heavy atom. The van der Waals surface area contributed by atoms with Gasteiger partial charge in [0, 0.05) is 31.7 Å². The molecular formula is C14H23N3O3. The molecule has 2 heterocycles. The fourth-order valence-corrected chi connectivity index (χ4v) is 2.43. The van der Waals surface area contributed by atoms with E-state index in [-0.39, 0.29) is 12.3 Å². The monoisotopic (exact) mass is 281 g/mol. The maximum absolute atomic E-state index is 11.9. The Hall–Kier alpha value is -1.40. The van der Waals surface area contributed by atoms with Crippen molar-refractivity contribution in [1.29, 1.82) is 0 Å². The number of carbonyl (C=O) groups excluding carboxylic acids is 1. The van der Waals surface area contributed by atoms with E-state index in [1.54, 1.807) is 6.07 Å². The van der Waals surface area contributed by atoms with Gasteiger partial charge < -0.3 is 14.6 Å². The van der Waals surface area contributed by atoms with Crippen LogP contribution in [-0.4, -0.2) is 54.9 Å². The summed E-state index contributed by atoms with van der Waals surface area (Å²) in [6.07, 6.45) is 1.27. The van der Waals surface area contributed by atoms with E-state index in [9.17, 15) is 4.79 Å². The van der Waals surface area contributed by atoms with Crippen LogP contribution in [0, 0.1) is 6.92 Å². The Balaban J connectivity index is 1.75. The molecule has 6 heteroatoms. The first kappa shape index (κ1) is 15.0. The van der Waals surface area contributed by atoms with Crippen LogP contribution in [0.3, 0.4) is 0 Å². The molecule has 0 radical (unpaired) electrons. The lowest BCUT2D eigenvalue weighted by Crippen LogP contribution is -2.48. The van der Waals surface area contributed by atoms with E-state index < -0.39 is 0 Å². The van der Waals surface area contributed by atoms with Crippen LogP contribution in [0.25, 0.3) is 0 Å². The standard InChI is InChI=1S/C14H23N3O3/c1-3-12(17-4-6-19-7-5-17)10-15-14(18)9-13-8-11(2)16-20-13/h8,12H,3-7,9-10H2,1-2H3,(H,15,18)/t12-/m1/s1. The zero-order valence-electron chi connectivity index (χ0n) is 12.2. The number of morpholine rings is 1. The third-order valence-corrected chi connectivity index (χ3v) is 3.58. The van der Waals surface area contributed by atoms with Crippen molar-refractivity contribution < 1.29 is 14.1 Å². The van der Waals surface area contributed by atoms with Crippen LogP contribution in [0.5, 0.6) is 0 Å². The van der Waals surface area contributed by atoms with Crippen LogP contribution >= 0.6 is 0 Å².